The number of terminal acetylenes is 1. The normalized spacial score (nSPS) is 29.3. The summed E-state index contributed by atoms with van der Waals surface area (Å²) in [7, 11) is -0.614. The van der Waals surface area contributed by atoms with Gasteiger partial charge in [-0.1, -0.05) is 57.0 Å². The van der Waals surface area contributed by atoms with Crippen molar-refractivity contribution >= 4 is 8.32 Å². The van der Waals surface area contributed by atoms with E-state index in [1.165, 1.54) is 7.11 Å². The van der Waals surface area contributed by atoms with E-state index in [0.717, 1.165) is 5.56 Å². The van der Waals surface area contributed by atoms with Gasteiger partial charge in [0.05, 0.1) is 6.61 Å². The van der Waals surface area contributed by atoms with Gasteiger partial charge in [-0.05, 0) is 23.7 Å². The Bertz CT molecular complexity index is 681. The van der Waals surface area contributed by atoms with Crippen LogP contribution in [0, 0.1) is 12.3 Å². The molecule has 1 aromatic carbocycles. The van der Waals surface area contributed by atoms with Crippen LogP contribution in [0.25, 0.3) is 0 Å². The maximum Gasteiger partial charge on any atom is 0.192 e. The van der Waals surface area contributed by atoms with Crippen LogP contribution in [0.3, 0.4) is 0 Å². The summed E-state index contributed by atoms with van der Waals surface area (Å²) in [6.07, 6.45) is -0.0289. The summed E-state index contributed by atoms with van der Waals surface area (Å²) in [5.41, 5.74) is 0.768. The highest BCUT2D eigenvalue weighted by Gasteiger charge is 2.48. The first-order valence-electron chi connectivity index (χ1n) is 9.86. The first kappa shape index (κ1) is 24.0. The average Bonchev–Trinajstić information content (AvgIpc) is 2.67. The quantitative estimate of drug-likeness (QED) is 0.520. The maximum absolute atomic E-state index is 10.9. The molecule has 0 spiro atoms. The molecule has 0 saturated carbocycles. The zero-order valence-electron chi connectivity index (χ0n) is 18.2. The average molecular weight is 423 g/mol. The fraction of sp³-hybridized carbons (Fsp3) is 0.636. The monoisotopic (exact) mass is 422 g/mol. The Hall–Kier alpha value is -1.24. The molecule has 0 bridgehead atoms. The van der Waals surface area contributed by atoms with Crippen molar-refractivity contribution in [3.05, 3.63) is 35.9 Å². The Morgan fingerprint density at radius 1 is 1.17 bits per heavy atom. The largest absolute Gasteiger partial charge is 0.414 e. The molecule has 2 rings (SSSR count). The Labute approximate surface area is 175 Å². The molecule has 6 atom stereocenters. The molecule has 1 aliphatic rings. The van der Waals surface area contributed by atoms with E-state index in [-0.39, 0.29) is 11.6 Å². The summed E-state index contributed by atoms with van der Waals surface area (Å²) in [5, 5.41) is 21.6. The second-order valence-electron chi connectivity index (χ2n) is 8.89. The van der Waals surface area contributed by atoms with Crippen LogP contribution in [0.4, 0.5) is 0 Å². The molecule has 162 valence electrons. The minimum absolute atomic E-state index is 0.0184. The summed E-state index contributed by atoms with van der Waals surface area (Å²) in [6, 6.07) is 9.27. The van der Waals surface area contributed by atoms with Gasteiger partial charge in [0.1, 0.15) is 30.5 Å². The lowest BCUT2D eigenvalue weighted by molar-refractivity contribution is -0.304. The Kier molecular flexibility index (Phi) is 8.05. The van der Waals surface area contributed by atoms with E-state index in [0.29, 0.717) is 0 Å². The van der Waals surface area contributed by atoms with E-state index in [1.807, 2.05) is 30.3 Å². The molecule has 1 aliphatic heterocycles. The van der Waals surface area contributed by atoms with Gasteiger partial charge in [-0.25, -0.2) is 0 Å². The lowest BCUT2D eigenvalue weighted by atomic mass is 9.98. The predicted molar refractivity (Wildman–Crippen MR) is 114 cm³/mol. The smallest absolute Gasteiger partial charge is 0.192 e. The summed E-state index contributed by atoms with van der Waals surface area (Å²) >= 11 is 0. The Balaban J connectivity index is 2.17. The van der Waals surface area contributed by atoms with Gasteiger partial charge in [0.25, 0.3) is 0 Å². The molecule has 6 nitrogen and oxygen atoms in total. The molecule has 29 heavy (non-hydrogen) atoms. The zero-order chi connectivity index (χ0) is 21.8. The zero-order valence-corrected chi connectivity index (χ0v) is 19.2. The van der Waals surface area contributed by atoms with Crippen LogP contribution in [0.5, 0.6) is 0 Å². The van der Waals surface area contributed by atoms with Crippen molar-refractivity contribution in [2.45, 2.75) is 75.7 Å². The lowest BCUT2D eigenvalue weighted by Crippen LogP contribution is -2.61. The molecular weight excluding hydrogens is 388 g/mol. The van der Waals surface area contributed by atoms with Crippen LogP contribution in [-0.4, -0.2) is 63.0 Å². The molecule has 7 heteroatoms. The SMILES string of the molecule is C#CC(O[C@H]1[C@@H](O)[C@@H](CO[Si](C)(C)C(C)(C)C)O[C@H](OC)[C@@H]1O)c1ccccc1. The molecule has 1 saturated heterocycles. The van der Waals surface area contributed by atoms with Gasteiger partial charge in [0.15, 0.2) is 14.6 Å². The van der Waals surface area contributed by atoms with Gasteiger partial charge in [-0.3, -0.25) is 0 Å². The molecular formula is C22H34O6Si. The maximum atomic E-state index is 10.9. The van der Waals surface area contributed by atoms with Crippen LogP contribution in [0.1, 0.15) is 32.4 Å². The van der Waals surface area contributed by atoms with Gasteiger partial charge < -0.3 is 28.8 Å². The molecule has 2 N–H and O–H groups in total. The summed E-state index contributed by atoms with van der Waals surface area (Å²) in [5.74, 6) is 2.58. The highest BCUT2D eigenvalue weighted by atomic mass is 28.4. The first-order valence-corrected chi connectivity index (χ1v) is 12.8. The van der Waals surface area contributed by atoms with Crippen LogP contribution < -0.4 is 0 Å². The Morgan fingerprint density at radius 3 is 2.31 bits per heavy atom. The standard InChI is InChI=1S/C22H34O6Si/c1-8-16(15-12-10-9-11-13-15)27-20-18(23)17(28-21(25-5)19(20)24)14-26-29(6,7)22(2,3)4/h1,9-13,16-21,23-24H,14H2,2-7H3/t16?,17-,18+,19-,20+,21+/m1/s1. The van der Waals surface area contributed by atoms with E-state index in [1.54, 1.807) is 0 Å². The molecule has 0 amide bonds. The number of methoxy groups -OCH3 is 1. The van der Waals surface area contributed by atoms with Crippen molar-refractivity contribution in [1.82, 2.24) is 0 Å². The number of rotatable bonds is 7. The van der Waals surface area contributed by atoms with E-state index in [4.69, 9.17) is 25.1 Å². The van der Waals surface area contributed by atoms with Gasteiger partial charge in [-0.15, -0.1) is 6.42 Å². The molecule has 1 aromatic rings. The summed E-state index contributed by atoms with van der Waals surface area (Å²) in [6.45, 7) is 10.9. The lowest BCUT2D eigenvalue weighted by Gasteiger charge is -2.44. The second-order valence-corrected chi connectivity index (χ2v) is 13.7. The summed E-state index contributed by atoms with van der Waals surface area (Å²) < 4.78 is 23.2. The third-order valence-corrected chi connectivity index (χ3v) is 10.3. The number of hydrogen-bond acceptors (Lipinski definition) is 6. The molecule has 0 radical (unpaired) electrons. The third-order valence-electron chi connectivity index (χ3n) is 5.84. The first-order chi connectivity index (χ1) is 13.5. The van der Waals surface area contributed by atoms with E-state index in [9.17, 15) is 10.2 Å². The van der Waals surface area contributed by atoms with E-state index in [2.05, 4.69) is 39.8 Å². The van der Waals surface area contributed by atoms with Crippen molar-refractivity contribution in [2.24, 2.45) is 0 Å². The van der Waals surface area contributed by atoms with Crippen molar-refractivity contribution in [2.75, 3.05) is 13.7 Å². The van der Waals surface area contributed by atoms with Crippen molar-refractivity contribution in [3.8, 4) is 12.3 Å². The highest BCUT2D eigenvalue weighted by Crippen LogP contribution is 2.37. The fourth-order valence-electron chi connectivity index (χ4n) is 2.90. The van der Waals surface area contributed by atoms with Crippen molar-refractivity contribution < 1.29 is 28.8 Å². The van der Waals surface area contributed by atoms with Crippen LogP contribution in [0.15, 0.2) is 30.3 Å². The fourth-order valence-corrected chi connectivity index (χ4v) is 3.92. The van der Waals surface area contributed by atoms with Crippen molar-refractivity contribution in [1.29, 1.82) is 0 Å². The van der Waals surface area contributed by atoms with Crippen LogP contribution >= 0.6 is 0 Å². The molecule has 0 aliphatic carbocycles. The van der Waals surface area contributed by atoms with Crippen LogP contribution in [0.2, 0.25) is 18.1 Å². The highest BCUT2D eigenvalue weighted by molar-refractivity contribution is 6.74. The molecule has 0 aromatic heterocycles. The summed E-state index contributed by atoms with van der Waals surface area (Å²) in [4.78, 5) is 0. The Morgan fingerprint density at radius 2 is 1.79 bits per heavy atom. The van der Waals surface area contributed by atoms with Gasteiger partial charge >= 0.3 is 0 Å². The third kappa shape index (κ3) is 5.67. The van der Waals surface area contributed by atoms with Crippen LogP contribution in [-0.2, 0) is 18.6 Å². The van der Waals surface area contributed by atoms with E-state index >= 15 is 0 Å². The minimum atomic E-state index is -2.05. The predicted octanol–water partition coefficient (Wildman–Crippen LogP) is 2.86. The number of aliphatic hydroxyl groups excluding tert-OH is 2. The molecule has 1 heterocycles. The number of hydrogen-bond donors (Lipinski definition) is 2. The van der Waals surface area contributed by atoms with Gasteiger partial charge in [0.2, 0.25) is 0 Å². The van der Waals surface area contributed by atoms with E-state index < -0.39 is 45.1 Å². The van der Waals surface area contributed by atoms with Crippen molar-refractivity contribution in [3.63, 3.8) is 0 Å². The van der Waals surface area contributed by atoms with Gasteiger partial charge in [0, 0.05) is 7.11 Å². The molecule has 1 unspecified atom stereocenters. The molecule has 1 fully saturated rings. The number of ether oxygens (including phenoxy) is 3. The topological polar surface area (TPSA) is 77.4 Å². The number of benzene rings is 1. The number of aliphatic hydroxyl groups is 2. The minimum Gasteiger partial charge on any atom is -0.414 e. The van der Waals surface area contributed by atoms with Gasteiger partial charge in [-0.2, -0.15) is 0 Å². The second kappa shape index (κ2) is 9.71.